The van der Waals surface area contributed by atoms with E-state index in [-0.39, 0.29) is 17.7 Å². The molecule has 3 rings (SSSR count). The molecule has 0 fully saturated rings. The van der Waals surface area contributed by atoms with E-state index in [0.717, 1.165) is 30.0 Å². The summed E-state index contributed by atoms with van der Waals surface area (Å²) in [5.74, 6) is 1.29. The number of carbonyl (C=O) groups excluding carboxylic acids is 1. The zero-order valence-corrected chi connectivity index (χ0v) is 14.0. The number of fused-ring (bicyclic) bond motifs is 1. The molecule has 0 bridgehead atoms. The van der Waals surface area contributed by atoms with Crippen LogP contribution >= 0.6 is 0 Å². The molecule has 1 aliphatic heterocycles. The van der Waals surface area contributed by atoms with Gasteiger partial charge in [0, 0.05) is 31.6 Å². The molecule has 0 saturated heterocycles. The minimum absolute atomic E-state index is 0.00194. The van der Waals surface area contributed by atoms with E-state index < -0.39 is 0 Å². The van der Waals surface area contributed by atoms with Crippen molar-refractivity contribution in [2.75, 3.05) is 5.32 Å². The predicted octanol–water partition coefficient (Wildman–Crippen LogP) is 2.49. The lowest BCUT2D eigenvalue weighted by molar-refractivity contribution is -0.115. The summed E-state index contributed by atoms with van der Waals surface area (Å²) in [6.07, 6.45) is 9.12. The summed E-state index contributed by atoms with van der Waals surface area (Å²) >= 11 is 0. The topological polar surface area (TPSA) is 72.7 Å². The average Bonchev–Trinajstić information content (AvgIpc) is 2.88. The number of amides is 1. The molecular formula is C17H23N5O. The second kappa shape index (κ2) is 6.10. The maximum atomic E-state index is 12.1. The fourth-order valence-electron chi connectivity index (χ4n) is 2.67. The molecular weight excluding hydrogens is 290 g/mol. The molecule has 2 aromatic rings. The van der Waals surface area contributed by atoms with Crippen LogP contribution in [0.4, 0.5) is 5.95 Å². The summed E-state index contributed by atoms with van der Waals surface area (Å²) < 4.78 is 2.15. The van der Waals surface area contributed by atoms with Gasteiger partial charge < -0.3 is 4.57 Å². The van der Waals surface area contributed by atoms with Gasteiger partial charge in [-0.25, -0.2) is 15.0 Å². The highest BCUT2D eigenvalue weighted by molar-refractivity contribution is 5.90. The molecule has 0 unspecified atom stereocenters. The summed E-state index contributed by atoms with van der Waals surface area (Å²) in [5, 5.41) is 2.74. The zero-order chi connectivity index (χ0) is 16.4. The molecule has 3 heterocycles. The standard InChI is InChI=1S/C17H23N5O/c1-17(2,3)12-9-18-16(19-10-12)21-15(23)8-13-11-22-7-5-4-6-14(22)20-13/h9-11H,4-8H2,1-3H3,(H,18,19,21,23). The molecule has 0 aliphatic carbocycles. The van der Waals surface area contributed by atoms with Gasteiger partial charge in [-0.15, -0.1) is 0 Å². The molecule has 122 valence electrons. The first-order valence-corrected chi connectivity index (χ1v) is 8.09. The van der Waals surface area contributed by atoms with Crippen molar-refractivity contribution in [3.63, 3.8) is 0 Å². The van der Waals surface area contributed by atoms with Gasteiger partial charge in [-0.3, -0.25) is 10.1 Å². The van der Waals surface area contributed by atoms with Gasteiger partial charge in [0.25, 0.3) is 0 Å². The lowest BCUT2D eigenvalue weighted by Crippen LogP contribution is -2.18. The van der Waals surface area contributed by atoms with Crippen LogP contribution in [0.2, 0.25) is 0 Å². The lowest BCUT2D eigenvalue weighted by atomic mass is 9.89. The van der Waals surface area contributed by atoms with Crippen LogP contribution in [0.1, 0.15) is 50.7 Å². The fourth-order valence-corrected chi connectivity index (χ4v) is 2.67. The van der Waals surface area contributed by atoms with Crippen molar-refractivity contribution < 1.29 is 4.79 Å². The van der Waals surface area contributed by atoms with Crippen molar-refractivity contribution in [3.8, 4) is 0 Å². The normalized spacial score (nSPS) is 14.4. The van der Waals surface area contributed by atoms with Crippen LogP contribution in [0, 0.1) is 0 Å². The number of anilines is 1. The van der Waals surface area contributed by atoms with Crippen LogP contribution in [0.25, 0.3) is 0 Å². The first kappa shape index (κ1) is 15.6. The maximum Gasteiger partial charge on any atom is 0.232 e. The Morgan fingerprint density at radius 3 is 2.65 bits per heavy atom. The molecule has 0 aromatic carbocycles. The van der Waals surface area contributed by atoms with Crippen LogP contribution in [0.3, 0.4) is 0 Å². The Morgan fingerprint density at radius 1 is 1.26 bits per heavy atom. The Bertz CT molecular complexity index is 673. The third-order valence-corrected chi connectivity index (χ3v) is 4.07. The Kier molecular flexibility index (Phi) is 4.15. The predicted molar refractivity (Wildman–Crippen MR) is 88.2 cm³/mol. The number of nitrogens with zero attached hydrogens (tertiary/aromatic N) is 4. The second-order valence-electron chi connectivity index (χ2n) is 7.07. The van der Waals surface area contributed by atoms with Gasteiger partial charge in [0.05, 0.1) is 12.1 Å². The van der Waals surface area contributed by atoms with E-state index in [2.05, 4.69) is 45.6 Å². The molecule has 0 atom stereocenters. The van der Waals surface area contributed by atoms with Gasteiger partial charge >= 0.3 is 0 Å². The van der Waals surface area contributed by atoms with E-state index in [1.165, 1.54) is 12.8 Å². The number of carbonyl (C=O) groups is 1. The molecule has 2 aromatic heterocycles. The van der Waals surface area contributed by atoms with Crippen LogP contribution in [-0.4, -0.2) is 25.4 Å². The van der Waals surface area contributed by atoms with Gasteiger partial charge in [-0.1, -0.05) is 20.8 Å². The van der Waals surface area contributed by atoms with Crippen molar-refractivity contribution in [2.24, 2.45) is 0 Å². The number of rotatable bonds is 3. The highest BCUT2D eigenvalue weighted by Crippen LogP contribution is 2.20. The minimum Gasteiger partial charge on any atom is -0.335 e. The third kappa shape index (κ3) is 3.75. The van der Waals surface area contributed by atoms with Gasteiger partial charge in [-0.2, -0.15) is 0 Å². The molecule has 1 amide bonds. The smallest absolute Gasteiger partial charge is 0.232 e. The summed E-state index contributed by atoms with van der Waals surface area (Å²) in [5.41, 5.74) is 1.85. The van der Waals surface area contributed by atoms with E-state index >= 15 is 0 Å². The van der Waals surface area contributed by atoms with Gasteiger partial charge in [0.2, 0.25) is 11.9 Å². The van der Waals surface area contributed by atoms with E-state index in [1.807, 2.05) is 6.20 Å². The van der Waals surface area contributed by atoms with E-state index in [1.54, 1.807) is 12.4 Å². The zero-order valence-electron chi connectivity index (χ0n) is 14.0. The second-order valence-corrected chi connectivity index (χ2v) is 7.07. The summed E-state index contributed by atoms with van der Waals surface area (Å²) in [4.78, 5) is 25.1. The van der Waals surface area contributed by atoms with E-state index in [0.29, 0.717) is 5.95 Å². The van der Waals surface area contributed by atoms with Crippen LogP contribution < -0.4 is 5.32 Å². The highest BCUT2D eigenvalue weighted by Gasteiger charge is 2.16. The number of aromatic nitrogens is 4. The van der Waals surface area contributed by atoms with Crippen molar-refractivity contribution in [1.29, 1.82) is 0 Å². The largest absolute Gasteiger partial charge is 0.335 e. The number of imidazole rings is 1. The van der Waals surface area contributed by atoms with Crippen molar-refractivity contribution in [2.45, 2.75) is 58.4 Å². The third-order valence-electron chi connectivity index (χ3n) is 4.07. The summed E-state index contributed by atoms with van der Waals surface area (Å²) in [6, 6.07) is 0. The Morgan fingerprint density at radius 2 is 2.00 bits per heavy atom. The maximum absolute atomic E-state index is 12.1. The Labute approximate surface area is 136 Å². The van der Waals surface area contributed by atoms with Crippen LogP contribution in [-0.2, 0) is 29.6 Å². The highest BCUT2D eigenvalue weighted by atomic mass is 16.1. The van der Waals surface area contributed by atoms with Crippen LogP contribution in [0.15, 0.2) is 18.6 Å². The molecule has 0 spiro atoms. The first-order valence-electron chi connectivity index (χ1n) is 8.09. The average molecular weight is 313 g/mol. The van der Waals surface area contributed by atoms with E-state index in [9.17, 15) is 4.79 Å². The molecule has 23 heavy (non-hydrogen) atoms. The minimum atomic E-state index is -0.135. The molecule has 0 saturated carbocycles. The van der Waals surface area contributed by atoms with Gasteiger partial charge in [0.1, 0.15) is 5.82 Å². The summed E-state index contributed by atoms with van der Waals surface area (Å²) in [7, 11) is 0. The number of hydrogen-bond acceptors (Lipinski definition) is 4. The number of hydrogen-bond donors (Lipinski definition) is 1. The molecule has 0 radical (unpaired) electrons. The molecule has 1 N–H and O–H groups in total. The Balaban J connectivity index is 1.62. The van der Waals surface area contributed by atoms with Crippen molar-refractivity contribution in [3.05, 3.63) is 35.7 Å². The molecule has 6 nitrogen and oxygen atoms in total. The van der Waals surface area contributed by atoms with Gasteiger partial charge in [0.15, 0.2) is 0 Å². The molecule has 6 heteroatoms. The first-order chi connectivity index (χ1) is 10.9. The molecule has 1 aliphatic rings. The monoisotopic (exact) mass is 313 g/mol. The summed E-state index contributed by atoms with van der Waals surface area (Å²) in [6.45, 7) is 7.31. The quantitative estimate of drug-likeness (QED) is 0.945. The number of aryl methyl sites for hydroxylation is 2. The number of nitrogens with one attached hydrogen (secondary N) is 1. The fraction of sp³-hybridized carbons (Fsp3) is 0.529. The van der Waals surface area contributed by atoms with E-state index in [4.69, 9.17) is 0 Å². The Hall–Kier alpha value is -2.24. The SMILES string of the molecule is CC(C)(C)c1cnc(NC(=O)Cc2cn3c(n2)CCCC3)nc1. The van der Waals surface area contributed by atoms with Crippen molar-refractivity contribution in [1.82, 2.24) is 19.5 Å². The van der Waals surface area contributed by atoms with Crippen LogP contribution in [0.5, 0.6) is 0 Å². The van der Waals surface area contributed by atoms with Gasteiger partial charge in [-0.05, 0) is 23.8 Å². The van der Waals surface area contributed by atoms with Crippen molar-refractivity contribution >= 4 is 11.9 Å². The lowest BCUT2D eigenvalue weighted by Gasteiger charge is -2.17.